The van der Waals surface area contributed by atoms with Crippen LogP contribution in [0.25, 0.3) is 0 Å². The summed E-state index contributed by atoms with van der Waals surface area (Å²) in [4.78, 5) is 55.9. The van der Waals surface area contributed by atoms with E-state index in [2.05, 4.69) is 0 Å². The number of rotatable bonds is 2. The van der Waals surface area contributed by atoms with Crippen LogP contribution in [0.2, 0.25) is 10.0 Å². The number of carbonyl (C=O) groups is 4. The zero-order valence-corrected chi connectivity index (χ0v) is 18.9. The van der Waals surface area contributed by atoms with Crippen LogP contribution in [0.4, 0.5) is 5.69 Å². The smallest absolute Gasteiger partial charge is 0.241 e. The molecule has 2 fully saturated rings. The Bertz CT molecular complexity index is 1380. The zero-order chi connectivity index (χ0) is 23.8. The SMILES string of the molecule is O=C1[C@H]2[C@H](c3ccc(Cl)cc3)OC3(C(=O)c4ccccc4C3=O)[C@H]2C(=O)N1c1ccccc1Cl. The number of anilines is 1. The highest BCUT2D eigenvalue weighted by Gasteiger charge is 2.74. The number of imide groups is 1. The van der Waals surface area contributed by atoms with Crippen LogP contribution in [-0.2, 0) is 14.3 Å². The minimum absolute atomic E-state index is 0.180. The topological polar surface area (TPSA) is 80.8 Å². The van der Waals surface area contributed by atoms with E-state index in [1.807, 2.05) is 0 Å². The summed E-state index contributed by atoms with van der Waals surface area (Å²) in [6.07, 6.45) is -1.01. The van der Waals surface area contributed by atoms with E-state index in [1.54, 1.807) is 60.7 Å². The van der Waals surface area contributed by atoms with Crippen molar-refractivity contribution in [3.8, 4) is 0 Å². The van der Waals surface area contributed by atoms with Crippen LogP contribution in [0.5, 0.6) is 0 Å². The molecule has 0 unspecified atom stereocenters. The van der Waals surface area contributed by atoms with Gasteiger partial charge >= 0.3 is 0 Å². The molecule has 6 rings (SSSR count). The van der Waals surface area contributed by atoms with Crippen molar-refractivity contribution in [3.63, 3.8) is 0 Å². The van der Waals surface area contributed by atoms with Crippen molar-refractivity contribution < 1.29 is 23.9 Å². The quantitative estimate of drug-likeness (QED) is 0.383. The second-order valence-corrected chi connectivity index (χ2v) is 9.34. The first-order valence-corrected chi connectivity index (χ1v) is 11.4. The molecule has 34 heavy (non-hydrogen) atoms. The van der Waals surface area contributed by atoms with E-state index in [0.717, 1.165) is 4.90 Å². The predicted molar refractivity (Wildman–Crippen MR) is 124 cm³/mol. The molecule has 0 N–H and O–H groups in total. The maximum absolute atomic E-state index is 13.8. The minimum Gasteiger partial charge on any atom is -0.349 e. The standard InChI is InChI=1S/C26H15Cl2NO5/c27-14-11-9-13(10-12-14)21-19-20(25(33)29(24(19)32)18-8-4-3-7-17(18)28)26(34-21)22(30)15-5-1-2-6-16(15)23(26)31/h1-12,19-21H/t19-,20-,21+/m1/s1. The number of hydrogen-bond acceptors (Lipinski definition) is 5. The molecule has 2 heterocycles. The average molecular weight is 492 g/mol. The molecule has 3 atom stereocenters. The number of ether oxygens (including phenoxy) is 1. The number of carbonyl (C=O) groups excluding carboxylic acids is 4. The Morgan fingerprint density at radius 3 is 1.94 bits per heavy atom. The fraction of sp³-hybridized carbons (Fsp3) is 0.154. The first-order valence-electron chi connectivity index (χ1n) is 10.6. The lowest BCUT2D eigenvalue weighted by molar-refractivity contribution is -0.127. The molecule has 0 aromatic heterocycles. The Balaban J connectivity index is 1.56. The Hall–Kier alpha value is -3.32. The van der Waals surface area contributed by atoms with Crippen molar-refractivity contribution in [3.05, 3.63) is 99.5 Å². The predicted octanol–water partition coefficient (Wildman–Crippen LogP) is 4.69. The van der Waals surface area contributed by atoms with Crippen molar-refractivity contribution in [1.82, 2.24) is 0 Å². The fourth-order valence-corrected chi connectivity index (χ4v) is 5.69. The molecule has 8 heteroatoms. The second kappa shape index (κ2) is 7.34. The van der Waals surface area contributed by atoms with Crippen LogP contribution in [0.3, 0.4) is 0 Å². The maximum Gasteiger partial charge on any atom is 0.241 e. The average Bonchev–Trinajstić information content (AvgIpc) is 3.40. The summed E-state index contributed by atoms with van der Waals surface area (Å²) in [6, 6.07) is 19.4. The van der Waals surface area contributed by atoms with E-state index in [1.165, 1.54) is 12.1 Å². The maximum atomic E-state index is 13.8. The third-order valence-electron chi connectivity index (χ3n) is 6.81. The lowest BCUT2D eigenvalue weighted by Crippen LogP contribution is -2.51. The molecule has 2 amide bonds. The van der Waals surface area contributed by atoms with E-state index in [4.69, 9.17) is 27.9 Å². The first-order chi connectivity index (χ1) is 16.4. The van der Waals surface area contributed by atoms with E-state index >= 15 is 0 Å². The largest absolute Gasteiger partial charge is 0.349 e. The van der Waals surface area contributed by atoms with Gasteiger partial charge in [-0.15, -0.1) is 0 Å². The van der Waals surface area contributed by atoms with Gasteiger partial charge in [0.25, 0.3) is 0 Å². The highest BCUT2D eigenvalue weighted by molar-refractivity contribution is 6.39. The highest BCUT2D eigenvalue weighted by Crippen LogP contribution is 2.58. The molecular weight excluding hydrogens is 477 g/mol. The molecule has 2 saturated heterocycles. The Labute approximate surface area is 204 Å². The fourth-order valence-electron chi connectivity index (χ4n) is 5.34. The van der Waals surface area contributed by atoms with Gasteiger partial charge in [0.2, 0.25) is 29.0 Å². The van der Waals surface area contributed by atoms with E-state index in [9.17, 15) is 19.2 Å². The van der Waals surface area contributed by atoms with Crippen LogP contribution in [-0.4, -0.2) is 29.0 Å². The van der Waals surface area contributed by atoms with Crippen LogP contribution in [0.15, 0.2) is 72.8 Å². The van der Waals surface area contributed by atoms with Gasteiger partial charge in [-0.25, -0.2) is 4.90 Å². The van der Waals surface area contributed by atoms with Gasteiger partial charge in [-0.1, -0.05) is 71.7 Å². The lowest BCUT2D eigenvalue weighted by atomic mass is 9.77. The minimum atomic E-state index is -2.12. The van der Waals surface area contributed by atoms with Gasteiger partial charge in [0.05, 0.1) is 28.6 Å². The number of para-hydroxylation sites is 1. The van der Waals surface area contributed by atoms with Crippen molar-refractivity contribution in [2.24, 2.45) is 11.8 Å². The van der Waals surface area contributed by atoms with Gasteiger partial charge in [-0.2, -0.15) is 0 Å². The zero-order valence-electron chi connectivity index (χ0n) is 17.4. The second-order valence-electron chi connectivity index (χ2n) is 8.50. The van der Waals surface area contributed by atoms with Crippen LogP contribution < -0.4 is 4.90 Å². The summed E-state index contributed by atoms with van der Waals surface area (Å²) < 4.78 is 6.22. The number of halogens is 2. The van der Waals surface area contributed by atoms with E-state index in [-0.39, 0.29) is 21.8 Å². The third-order valence-corrected chi connectivity index (χ3v) is 7.38. The molecule has 1 aliphatic carbocycles. The highest BCUT2D eigenvalue weighted by atomic mass is 35.5. The van der Waals surface area contributed by atoms with Crippen LogP contribution >= 0.6 is 23.2 Å². The van der Waals surface area contributed by atoms with Gasteiger partial charge in [-0.05, 0) is 29.8 Å². The molecule has 0 saturated carbocycles. The van der Waals surface area contributed by atoms with Gasteiger partial charge < -0.3 is 4.74 Å². The van der Waals surface area contributed by atoms with Crippen molar-refractivity contribution in [2.75, 3.05) is 4.90 Å². The molecule has 0 radical (unpaired) electrons. The van der Waals surface area contributed by atoms with Crippen molar-refractivity contribution >= 4 is 52.3 Å². The Morgan fingerprint density at radius 2 is 1.32 bits per heavy atom. The molecular formula is C26H15Cl2NO5. The summed E-state index contributed by atoms with van der Waals surface area (Å²) in [7, 11) is 0. The monoisotopic (exact) mass is 491 g/mol. The number of ketones is 2. The molecule has 0 bridgehead atoms. The first kappa shape index (κ1) is 21.2. The molecule has 3 aromatic carbocycles. The number of benzene rings is 3. The summed E-state index contributed by atoms with van der Waals surface area (Å²) >= 11 is 12.4. The van der Waals surface area contributed by atoms with Crippen LogP contribution in [0, 0.1) is 11.8 Å². The number of Topliss-reactive ketones (excluding diaryl/α,β-unsaturated/α-hetero) is 2. The normalized spacial score (nSPS) is 24.8. The molecule has 3 aromatic rings. The summed E-state index contributed by atoms with van der Waals surface area (Å²) in [6.45, 7) is 0. The summed E-state index contributed by atoms with van der Waals surface area (Å²) in [5.74, 6) is -4.90. The number of hydrogen-bond donors (Lipinski definition) is 0. The molecule has 6 nitrogen and oxygen atoms in total. The number of fused-ring (bicyclic) bond motifs is 3. The molecule has 168 valence electrons. The van der Waals surface area contributed by atoms with Gasteiger partial charge in [0, 0.05) is 16.1 Å². The molecule has 1 spiro atoms. The molecule has 3 aliphatic rings. The van der Waals surface area contributed by atoms with Crippen LogP contribution in [0.1, 0.15) is 32.4 Å². The molecule has 2 aliphatic heterocycles. The van der Waals surface area contributed by atoms with Crippen molar-refractivity contribution in [1.29, 1.82) is 0 Å². The van der Waals surface area contributed by atoms with Gasteiger partial charge in [0.1, 0.15) is 0 Å². The summed E-state index contributed by atoms with van der Waals surface area (Å²) in [5.41, 5.74) is -1.02. The number of nitrogens with zero attached hydrogens (tertiary/aromatic N) is 1. The van der Waals surface area contributed by atoms with E-state index in [0.29, 0.717) is 10.6 Å². The lowest BCUT2D eigenvalue weighted by Gasteiger charge is -2.27. The van der Waals surface area contributed by atoms with Gasteiger partial charge in [-0.3, -0.25) is 19.2 Å². The summed E-state index contributed by atoms with van der Waals surface area (Å²) in [5, 5.41) is 0.675. The Kier molecular flexibility index (Phi) is 4.58. The third kappa shape index (κ3) is 2.61. The van der Waals surface area contributed by atoms with Crippen molar-refractivity contribution in [2.45, 2.75) is 11.7 Å². The van der Waals surface area contributed by atoms with E-state index < -0.39 is 46.9 Å². The number of amides is 2. The van der Waals surface area contributed by atoms with Gasteiger partial charge in [0.15, 0.2) is 0 Å². The Morgan fingerprint density at radius 1 is 0.735 bits per heavy atom.